The van der Waals surface area contributed by atoms with Gasteiger partial charge in [-0.2, -0.15) is 0 Å². The number of aliphatic hydroxyl groups excluding tert-OH is 1. The quantitative estimate of drug-likeness (QED) is 0.860. The third kappa shape index (κ3) is 2.79. The van der Waals surface area contributed by atoms with E-state index in [4.69, 9.17) is 0 Å². The molecular formula is C13H22N4O. The van der Waals surface area contributed by atoms with Crippen molar-refractivity contribution in [2.45, 2.75) is 32.4 Å². The number of likely N-dealkylation sites (N-methyl/N-ethyl adjacent to an activating group) is 2. The number of hydrogen-bond donors (Lipinski definition) is 1. The number of piperidine rings is 1. The molecule has 0 saturated carbocycles. The number of anilines is 1. The molecule has 1 aromatic rings. The summed E-state index contributed by atoms with van der Waals surface area (Å²) in [5.74, 6) is 1.61. The average molecular weight is 250 g/mol. The predicted octanol–water partition coefficient (Wildman–Crippen LogP) is 0.808. The number of aliphatic hydroxyl groups is 1. The van der Waals surface area contributed by atoms with Crippen LogP contribution < -0.4 is 4.90 Å². The van der Waals surface area contributed by atoms with Crippen molar-refractivity contribution in [1.82, 2.24) is 14.9 Å². The summed E-state index contributed by atoms with van der Waals surface area (Å²) in [5.41, 5.74) is 0.802. The van der Waals surface area contributed by atoms with Crippen LogP contribution in [0.15, 0.2) is 6.20 Å². The van der Waals surface area contributed by atoms with Crippen LogP contribution in [0.3, 0.4) is 0 Å². The number of hydrogen-bond acceptors (Lipinski definition) is 5. The molecule has 0 amide bonds. The van der Waals surface area contributed by atoms with Crippen LogP contribution >= 0.6 is 0 Å². The molecule has 5 heteroatoms. The fourth-order valence-corrected chi connectivity index (χ4v) is 2.53. The van der Waals surface area contributed by atoms with Crippen molar-refractivity contribution in [2.24, 2.45) is 0 Å². The summed E-state index contributed by atoms with van der Waals surface area (Å²) in [6.07, 6.45) is 4.11. The smallest absolute Gasteiger partial charge is 0.137 e. The van der Waals surface area contributed by atoms with E-state index < -0.39 is 0 Å². The largest absolute Gasteiger partial charge is 0.391 e. The maximum Gasteiger partial charge on any atom is 0.137 e. The predicted molar refractivity (Wildman–Crippen MR) is 71.6 cm³/mol. The van der Waals surface area contributed by atoms with Gasteiger partial charge in [-0.15, -0.1) is 0 Å². The van der Waals surface area contributed by atoms with Gasteiger partial charge < -0.3 is 14.9 Å². The molecule has 1 saturated heterocycles. The number of aryl methyl sites for hydroxylation is 1. The highest BCUT2D eigenvalue weighted by Gasteiger charge is 2.23. The molecule has 100 valence electrons. The first-order valence-corrected chi connectivity index (χ1v) is 6.46. The maximum atomic E-state index is 9.39. The highest BCUT2D eigenvalue weighted by molar-refractivity contribution is 5.46. The van der Waals surface area contributed by atoms with E-state index in [-0.39, 0.29) is 6.61 Å². The van der Waals surface area contributed by atoms with E-state index in [1.165, 1.54) is 19.4 Å². The Morgan fingerprint density at radius 3 is 3.00 bits per heavy atom. The molecule has 1 aliphatic rings. The van der Waals surface area contributed by atoms with Crippen LogP contribution in [0.5, 0.6) is 0 Å². The Labute approximate surface area is 108 Å². The van der Waals surface area contributed by atoms with E-state index in [1.807, 2.05) is 6.92 Å². The van der Waals surface area contributed by atoms with Gasteiger partial charge >= 0.3 is 0 Å². The second-order valence-corrected chi connectivity index (χ2v) is 5.09. The summed E-state index contributed by atoms with van der Waals surface area (Å²) >= 11 is 0. The molecule has 18 heavy (non-hydrogen) atoms. The standard InChI is InChI=1S/C13H22N4O/c1-10-14-7-11(9-18)13(15-10)17(3)12-5-4-6-16(2)8-12/h7,12,18H,4-6,8-9H2,1-3H3. The molecular weight excluding hydrogens is 228 g/mol. The van der Waals surface area contributed by atoms with Crippen molar-refractivity contribution in [3.8, 4) is 0 Å². The summed E-state index contributed by atoms with van der Waals surface area (Å²) in [4.78, 5) is 13.2. The lowest BCUT2D eigenvalue weighted by Crippen LogP contribution is -2.45. The van der Waals surface area contributed by atoms with Crippen LogP contribution in [-0.4, -0.2) is 53.2 Å². The van der Waals surface area contributed by atoms with Crippen molar-refractivity contribution >= 4 is 5.82 Å². The first kappa shape index (κ1) is 13.2. The van der Waals surface area contributed by atoms with E-state index in [0.29, 0.717) is 6.04 Å². The Balaban J connectivity index is 2.21. The van der Waals surface area contributed by atoms with Crippen molar-refractivity contribution in [2.75, 3.05) is 32.1 Å². The van der Waals surface area contributed by atoms with Gasteiger partial charge in [0, 0.05) is 31.4 Å². The number of rotatable bonds is 3. The minimum absolute atomic E-state index is 0.0114. The van der Waals surface area contributed by atoms with Gasteiger partial charge in [0.15, 0.2) is 0 Å². The van der Waals surface area contributed by atoms with Gasteiger partial charge in [0.25, 0.3) is 0 Å². The lowest BCUT2D eigenvalue weighted by molar-refractivity contribution is 0.246. The molecule has 0 bridgehead atoms. The molecule has 1 atom stereocenters. The summed E-state index contributed by atoms with van der Waals surface area (Å²) in [5, 5.41) is 9.39. The Morgan fingerprint density at radius 2 is 2.33 bits per heavy atom. The Hall–Kier alpha value is -1.20. The van der Waals surface area contributed by atoms with Crippen LogP contribution in [0, 0.1) is 6.92 Å². The van der Waals surface area contributed by atoms with Crippen LogP contribution in [0.4, 0.5) is 5.82 Å². The zero-order valence-electron chi connectivity index (χ0n) is 11.4. The van der Waals surface area contributed by atoms with Crippen LogP contribution in [0.25, 0.3) is 0 Å². The third-order valence-corrected chi connectivity index (χ3v) is 3.61. The highest BCUT2D eigenvalue weighted by atomic mass is 16.3. The fourth-order valence-electron chi connectivity index (χ4n) is 2.53. The molecule has 2 rings (SSSR count). The molecule has 1 aromatic heterocycles. The average Bonchev–Trinajstić information content (AvgIpc) is 2.38. The normalized spacial score (nSPS) is 21.0. The molecule has 5 nitrogen and oxygen atoms in total. The summed E-state index contributed by atoms with van der Waals surface area (Å²) in [6.45, 7) is 4.08. The lowest BCUT2D eigenvalue weighted by Gasteiger charge is -2.37. The zero-order chi connectivity index (χ0) is 13.1. The van der Waals surface area contributed by atoms with E-state index >= 15 is 0 Å². The number of likely N-dealkylation sites (tertiary alicyclic amines) is 1. The molecule has 1 fully saturated rings. The van der Waals surface area contributed by atoms with Crippen LogP contribution in [0.2, 0.25) is 0 Å². The topological polar surface area (TPSA) is 52.5 Å². The van der Waals surface area contributed by atoms with E-state index in [1.54, 1.807) is 6.20 Å². The number of aromatic nitrogens is 2. The Morgan fingerprint density at radius 1 is 1.56 bits per heavy atom. The van der Waals surface area contributed by atoms with Gasteiger partial charge in [-0.25, -0.2) is 9.97 Å². The SMILES string of the molecule is Cc1ncc(CO)c(N(C)C2CCCN(C)C2)n1. The molecule has 0 spiro atoms. The van der Waals surface area contributed by atoms with Crippen molar-refractivity contribution in [3.05, 3.63) is 17.6 Å². The molecule has 0 aliphatic carbocycles. The van der Waals surface area contributed by atoms with Gasteiger partial charge in [-0.3, -0.25) is 0 Å². The first-order chi connectivity index (χ1) is 8.61. The van der Waals surface area contributed by atoms with E-state index in [0.717, 1.165) is 23.8 Å². The molecule has 1 unspecified atom stereocenters. The van der Waals surface area contributed by atoms with Gasteiger partial charge in [-0.05, 0) is 33.4 Å². The Bertz CT molecular complexity index is 410. The molecule has 2 heterocycles. The van der Waals surface area contributed by atoms with Gasteiger partial charge in [-0.1, -0.05) is 0 Å². The summed E-state index contributed by atoms with van der Waals surface area (Å²) in [6, 6.07) is 0.461. The molecule has 1 aliphatic heterocycles. The second-order valence-electron chi connectivity index (χ2n) is 5.09. The van der Waals surface area contributed by atoms with Crippen molar-refractivity contribution in [1.29, 1.82) is 0 Å². The van der Waals surface area contributed by atoms with Crippen LogP contribution in [-0.2, 0) is 6.61 Å². The fraction of sp³-hybridized carbons (Fsp3) is 0.692. The minimum atomic E-state index is -0.0114. The molecule has 1 N–H and O–H groups in total. The van der Waals surface area contributed by atoms with Gasteiger partial charge in [0.1, 0.15) is 11.6 Å². The van der Waals surface area contributed by atoms with Crippen molar-refractivity contribution in [3.63, 3.8) is 0 Å². The molecule has 0 radical (unpaired) electrons. The molecule has 0 aromatic carbocycles. The van der Waals surface area contributed by atoms with E-state index in [2.05, 4.69) is 33.9 Å². The third-order valence-electron chi connectivity index (χ3n) is 3.61. The van der Waals surface area contributed by atoms with Gasteiger partial charge in [0.2, 0.25) is 0 Å². The first-order valence-electron chi connectivity index (χ1n) is 6.46. The number of nitrogens with zero attached hydrogens (tertiary/aromatic N) is 4. The zero-order valence-corrected chi connectivity index (χ0v) is 11.4. The van der Waals surface area contributed by atoms with Crippen LogP contribution in [0.1, 0.15) is 24.2 Å². The summed E-state index contributed by atoms with van der Waals surface area (Å²) < 4.78 is 0. The minimum Gasteiger partial charge on any atom is -0.391 e. The van der Waals surface area contributed by atoms with Gasteiger partial charge in [0.05, 0.1) is 6.61 Å². The highest BCUT2D eigenvalue weighted by Crippen LogP contribution is 2.22. The maximum absolute atomic E-state index is 9.39. The van der Waals surface area contributed by atoms with Crippen molar-refractivity contribution < 1.29 is 5.11 Å². The second kappa shape index (κ2) is 5.63. The lowest BCUT2D eigenvalue weighted by atomic mass is 10.0. The van der Waals surface area contributed by atoms with E-state index in [9.17, 15) is 5.11 Å². The summed E-state index contributed by atoms with van der Waals surface area (Å²) in [7, 11) is 4.21. The Kier molecular flexibility index (Phi) is 4.14. The monoisotopic (exact) mass is 250 g/mol.